The third-order valence-electron chi connectivity index (χ3n) is 3.43. The number of aromatic hydroxyl groups is 1. The van der Waals surface area contributed by atoms with Crippen LogP contribution in [-0.4, -0.2) is 17.2 Å². The standard InChI is InChI=1S/C18H18Br2N2O2/c1-18(2,3)13-6-4-12(5-7-13)17(24)22-21-10-11-8-14(19)16(23)15(20)9-11/h4-10,23H,1-3H3,(H,22,24)/b21-10+. The van der Waals surface area contributed by atoms with Crippen LogP contribution in [0.4, 0.5) is 0 Å². The number of nitrogens with zero attached hydrogens (tertiary/aromatic N) is 1. The summed E-state index contributed by atoms with van der Waals surface area (Å²) in [6.07, 6.45) is 1.51. The molecule has 126 valence electrons. The molecule has 1 amide bonds. The van der Waals surface area contributed by atoms with Crippen molar-refractivity contribution in [2.75, 3.05) is 0 Å². The van der Waals surface area contributed by atoms with Gasteiger partial charge in [0.05, 0.1) is 15.2 Å². The monoisotopic (exact) mass is 452 g/mol. The van der Waals surface area contributed by atoms with Crippen LogP contribution in [0.1, 0.15) is 42.3 Å². The molecule has 4 nitrogen and oxygen atoms in total. The normalized spacial score (nSPS) is 11.7. The summed E-state index contributed by atoms with van der Waals surface area (Å²) in [6.45, 7) is 6.38. The van der Waals surface area contributed by atoms with E-state index in [0.29, 0.717) is 14.5 Å². The maximum Gasteiger partial charge on any atom is 0.271 e. The highest BCUT2D eigenvalue weighted by molar-refractivity contribution is 9.11. The summed E-state index contributed by atoms with van der Waals surface area (Å²) in [7, 11) is 0. The van der Waals surface area contributed by atoms with Gasteiger partial charge in [-0.2, -0.15) is 5.10 Å². The molecule has 0 fully saturated rings. The number of benzene rings is 2. The molecule has 0 unspecified atom stereocenters. The van der Waals surface area contributed by atoms with Gasteiger partial charge in [-0.15, -0.1) is 0 Å². The second-order valence-electron chi connectivity index (χ2n) is 6.36. The van der Waals surface area contributed by atoms with Crippen molar-refractivity contribution < 1.29 is 9.90 Å². The second kappa shape index (κ2) is 7.49. The van der Waals surface area contributed by atoms with Crippen LogP contribution in [0.2, 0.25) is 0 Å². The molecule has 0 aliphatic rings. The minimum atomic E-state index is -0.274. The Bertz CT molecular complexity index is 756. The molecule has 0 bridgehead atoms. The number of halogens is 2. The lowest BCUT2D eigenvalue weighted by Gasteiger charge is -2.18. The molecule has 0 aliphatic heterocycles. The van der Waals surface area contributed by atoms with Crippen LogP contribution in [0.25, 0.3) is 0 Å². The largest absolute Gasteiger partial charge is 0.506 e. The zero-order valence-corrected chi connectivity index (χ0v) is 16.8. The molecular weight excluding hydrogens is 436 g/mol. The van der Waals surface area contributed by atoms with E-state index in [1.807, 2.05) is 12.1 Å². The van der Waals surface area contributed by atoms with E-state index in [1.165, 1.54) is 11.8 Å². The Morgan fingerprint density at radius 2 is 1.67 bits per heavy atom. The van der Waals surface area contributed by atoms with E-state index in [1.54, 1.807) is 24.3 Å². The number of hydrogen-bond acceptors (Lipinski definition) is 3. The van der Waals surface area contributed by atoms with E-state index in [-0.39, 0.29) is 17.1 Å². The lowest BCUT2D eigenvalue weighted by molar-refractivity contribution is 0.0955. The third kappa shape index (κ3) is 4.68. The molecule has 0 radical (unpaired) electrons. The lowest BCUT2D eigenvalue weighted by Crippen LogP contribution is -2.18. The van der Waals surface area contributed by atoms with Crippen LogP contribution >= 0.6 is 31.9 Å². The van der Waals surface area contributed by atoms with E-state index < -0.39 is 0 Å². The fourth-order valence-electron chi connectivity index (χ4n) is 2.01. The van der Waals surface area contributed by atoms with Gasteiger partial charge >= 0.3 is 0 Å². The third-order valence-corrected chi connectivity index (χ3v) is 4.64. The molecular formula is C18H18Br2N2O2. The summed E-state index contributed by atoms with van der Waals surface area (Å²) in [4.78, 5) is 12.1. The predicted octanol–water partition coefficient (Wildman–Crippen LogP) is 4.98. The Hall–Kier alpha value is -1.66. The number of phenolic OH excluding ortho intramolecular Hbond substituents is 1. The number of amides is 1. The highest BCUT2D eigenvalue weighted by atomic mass is 79.9. The van der Waals surface area contributed by atoms with Gasteiger partial charge in [0.2, 0.25) is 0 Å². The fourth-order valence-corrected chi connectivity index (χ4v) is 3.23. The Labute approximate surface area is 158 Å². The van der Waals surface area contributed by atoms with Crippen molar-refractivity contribution in [3.05, 3.63) is 62.0 Å². The van der Waals surface area contributed by atoms with Crippen molar-refractivity contribution in [1.82, 2.24) is 5.43 Å². The maximum atomic E-state index is 12.1. The molecule has 0 heterocycles. The number of phenols is 1. The SMILES string of the molecule is CC(C)(C)c1ccc(C(=O)N/N=C/c2cc(Br)c(O)c(Br)c2)cc1. The summed E-state index contributed by atoms with van der Waals surface area (Å²) in [5.74, 6) is -0.154. The van der Waals surface area contributed by atoms with Crippen molar-refractivity contribution >= 4 is 44.0 Å². The van der Waals surface area contributed by atoms with Gasteiger partial charge in [-0.3, -0.25) is 4.79 Å². The minimum Gasteiger partial charge on any atom is -0.506 e. The smallest absolute Gasteiger partial charge is 0.271 e. The molecule has 0 spiro atoms. The molecule has 24 heavy (non-hydrogen) atoms. The first-order chi connectivity index (χ1) is 11.2. The highest BCUT2D eigenvalue weighted by Gasteiger charge is 2.14. The molecule has 0 aliphatic carbocycles. The van der Waals surface area contributed by atoms with E-state index in [0.717, 1.165) is 5.56 Å². The molecule has 0 saturated heterocycles. The Morgan fingerprint density at radius 3 is 2.17 bits per heavy atom. The van der Waals surface area contributed by atoms with Gasteiger partial charge in [0, 0.05) is 5.56 Å². The Kier molecular flexibility index (Phi) is 5.83. The summed E-state index contributed by atoms with van der Waals surface area (Å²) < 4.78 is 1.09. The first kappa shape index (κ1) is 18.7. The zero-order valence-electron chi connectivity index (χ0n) is 13.6. The van der Waals surface area contributed by atoms with Crippen LogP contribution in [0, 0.1) is 0 Å². The van der Waals surface area contributed by atoms with Gasteiger partial charge in [0.15, 0.2) is 0 Å². The van der Waals surface area contributed by atoms with Crippen LogP contribution in [0.15, 0.2) is 50.4 Å². The molecule has 6 heteroatoms. The van der Waals surface area contributed by atoms with Crippen molar-refractivity contribution in [2.24, 2.45) is 5.10 Å². The summed E-state index contributed by atoms with van der Waals surface area (Å²) in [6, 6.07) is 10.9. The summed E-state index contributed by atoms with van der Waals surface area (Å²) >= 11 is 6.50. The highest BCUT2D eigenvalue weighted by Crippen LogP contribution is 2.32. The number of hydrazone groups is 1. The van der Waals surface area contributed by atoms with Crippen molar-refractivity contribution in [2.45, 2.75) is 26.2 Å². The van der Waals surface area contributed by atoms with Gasteiger partial charge < -0.3 is 5.11 Å². The molecule has 0 atom stereocenters. The molecule has 2 rings (SSSR count). The van der Waals surface area contributed by atoms with Gasteiger partial charge in [-0.25, -0.2) is 5.43 Å². The zero-order chi connectivity index (χ0) is 17.9. The Morgan fingerprint density at radius 1 is 1.12 bits per heavy atom. The molecule has 2 N–H and O–H groups in total. The summed E-state index contributed by atoms with van der Waals surface area (Å²) in [5.41, 5.74) is 4.99. The number of carbonyl (C=O) groups excluding carboxylic acids is 1. The van der Waals surface area contributed by atoms with Crippen LogP contribution in [0.3, 0.4) is 0 Å². The average Bonchev–Trinajstić information content (AvgIpc) is 2.51. The minimum absolute atomic E-state index is 0.0484. The second-order valence-corrected chi connectivity index (χ2v) is 8.07. The maximum absolute atomic E-state index is 12.1. The molecule has 0 aromatic heterocycles. The van der Waals surface area contributed by atoms with Gasteiger partial charge in [0.1, 0.15) is 5.75 Å². The van der Waals surface area contributed by atoms with E-state index in [2.05, 4.69) is 63.2 Å². The molecule has 2 aromatic carbocycles. The van der Waals surface area contributed by atoms with E-state index >= 15 is 0 Å². The topological polar surface area (TPSA) is 61.7 Å². The number of carbonyl (C=O) groups is 1. The quantitative estimate of drug-likeness (QED) is 0.508. The van der Waals surface area contributed by atoms with E-state index in [4.69, 9.17) is 0 Å². The number of hydrogen-bond donors (Lipinski definition) is 2. The van der Waals surface area contributed by atoms with Crippen molar-refractivity contribution in [3.8, 4) is 5.75 Å². The number of rotatable bonds is 3. The first-order valence-corrected chi connectivity index (χ1v) is 8.89. The summed E-state index contributed by atoms with van der Waals surface area (Å²) in [5, 5.41) is 13.6. The van der Waals surface area contributed by atoms with Crippen LogP contribution in [0.5, 0.6) is 5.75 Å². The predicted molar refractivity (Wildman–Crippen MR) is 104 cm³/mol. The van der Waals surface area contributed by atoms with E-state index in [9.17, 15) is 9.90 Å². The van der Waals surface area contributed by atoms with Gasteiger partial charge in [-0.05, 0) is 72.7 Å². The molecule has 2 aromatic rings. The van der Waals surface area contributed by atoms with Crippen LogP contribution in [-0.2, 0) is 5.41 Å². The first-order valence-electron chi connectivity index (χ1n) is 7.30. The van der Waals surface area contributed by atoms with Crippen molar-refractivity contribution in [1.29, 1.82) is 0 Å². The Balaban J connectivity index is 2.05. The molecule has 0 saturated carbocycles. The average molecular weight is 454 g/mol. The van der Waals surface area contributed by atoms with Crippen molar-refractivity contribution in [3.63, 3.8) is 0 Å². The lowest BCUT2D eigenvalue weighted by atomic mass is 9.87. The fraction of sp³-hybridized carbons (Fsp3) is 0.222. The van der Waals surface area contributed by atoms with Crippen LogP contribution < -0.4 is 5.43 Å². The van der Waals surface area contributed by atoms with Gasteiger partial charge in [0.25, 0.3) is 5.91 Å². The van der Waals surface area contributed by atoms with Gasteiger partial charge in [-0.1, -0.05) is 32.9 Å². The number of nitrogens with one attached hydrogen (secondary N) is 1.